The van der Waals surface area contributed by atoms with Crippen molar-refractivity contribution in [3.8, 4) is 0 Å². The maximum atomic E-state index is 12.8. The van der Waals surface area contributed by atoms with Gasteiger partial charge < -0.3 is 30.0 Å². The Labute approximate surface area is 211 Å². The minimum atomic E-state index is -0.649. The second-order valence-electron chi connectivity index (χ2n) is 10.7. The first-order chi connectivity index (χ1) is 16.8. The third-order valence-electron chi connectivity index (χ3n) is 5.09. The summed E-state index contributed by atoms with van der Waals surface area (Å²) >= 11 is 0. The summed E-state index contributed by atoms with van der Waals surface area (Å²) in [6.07, 6.45) is 3.64. The number of aromatic amines is 1. The molecule has 2 heterocycles. The number of alkyl carbamates (subject to hydrolysis) is 1. The summed E-state index contributed by atoms with van der Waals surface area (Å²) in [5.41, 5.74) is 0.467. The number of piperidine rings is 1. The normalized spacial score (nSPS) is 16.2. The molecule has 1 aliphatic rings. The molecule has 4 N–H and O–H groups in total. The summed E-state index contributed by atoms with van der Waals surface area (Å²) in [6, 6.07) is 5.11. The topological polar surface area (TPSA) is 138 Å². The smallest absolute Gasteiger partial charge is 0.412 e. The van der Waals surface area contributed by atoms with Crippen LogP contribution in [0.4, 0.5) is 26.7 Å². The monoisotopic (exact) mass is 500 g/mol. The van der Waals surface area contributed by atoms with Crippen molar-refractivity contribution in [2.75, 3.05) is 28.6 Å². The highest BCUT2D eigenvalue weighted by Crippen LogP contribution is 2.32. The number of nitrogens with zero attached hydrogens (tertiary/aromatic N) is 2. The summed E-state index contributed by atoms with van der Waals surface area (Å²) in [4.78, 5) is 46.2. The average molecular weight is 501 g/mol. The number of imidazole rings is 1. The van der Waals surface area contributed by atoms with Crippen LogP contribution in [0.3, 0.4) is 0 Å². The number of hydrogen-bond donors (Lipinski definition) is 4. The van der Waals surface area contributed by atoms with Gasteiger partial charge in [-0.2, -0.15) is 0 Å². The van der Waals surface area contributed by atoms with E-state index in [4.69, 9.17) is 9.47 Å². The minimum Gasteiger partial charge on any atom is -0.444 e. The highest BCUT2D eigenvalue weighted by molar-refractivity contribution is 6.04. The van der Waals surface area contributed by atoms with Gasteiger partial charge in [-0.05, 0) is 72.6 Å². The molecule has 1 aromatic carbocycles. The SMILES string of the molecule is CC(C)(C)OC(=O)Nc1ccc(N2CCC[C@@H](NC(=O)OC(C)(C)C)C2)c(NC(=O)c2ncc[nH]2)c1. The number of H-pyrrole nitrogens is 1. The molecule has 11 heteroatoms. The molecule has 0 saturated carbocycles. The van der Waals surface area contributed by atoms with Crippen molar-refractivity contribution in [2.45, 2.75) is 71.6 Å². The molecule has 1 atom stereocenters. The summed E-state index contributed by atoms with van der Waals surface area (Å²) in [7, 11) is 0. The molecule has 0 unspecified atom stereocenters. The van der Waals surface area contributed by atoms with E-state index in [0.717, 1.165) is 25.1 Å². The molecule has 11 nitrogen and oxygen atoms in total. The number of carbonyl (C=O) groups excluding carboxylic acids is 3. The molecule has 0 aliphatic carbocycles. The largest absolute Gasteiger partial charge is 0.444 e. The van der Waals surface area contributed by atoms with Crippen molar-refractivity contribution in [3.63, 3.8) is 0 Å². The van der Waals surface area contributed by atoms with E-state index in [2.05, 4.69) is 30.8 Å². The lowest BCUT2D eigenvalue weighted by atomic mass is 10.0. The Morgan fingerprint density at radius 2 is 1.72 bits per heavy atom. The zero-order valence-electron chi connectivity index (χ0n) is 21.7. The van der Waals surface area contributed by atoms with Gasteiger partial charge in [0.25, 0.3) is 5.91 Å². The van der Waals surface area contributed by atoms with Crippen LogP contribution in [0.15, 0.2) is 30.6 Å². The maximum Gasteiger partial charge on any atom is 0.412 e. The van der Waals surface area contributed by atoms with Gasteiger partial charge in [-0.1, -0.05) is 0 Å². The highest BCUT2D eigenvalue weighted by Gasteiger charge is 2.26. The van der Waals surface area contributed by atoms with E-state index in [0.29, 0.717) is 17.9 Å². The van der Waals surface area contributed by atoms with Crippen molar-refractivity contribution in [3.05, 3.63) is 36.4 Å². The van der Waals surface area contributed by atoms with Gasteiger partial charge >= 0.3 is 12.2 Å². The Morgan fingerprint density at radius 1 is 1.03 bits per heavy atom. The molecule has 3 rings (SSSR count). The van der Waals surface area contributed by atoms with Crippen molar-refractivity contribution in [2.24, 2.45) is 0 Å². The summed E-state index contributed by atoms with van der Waals surface area (Å²) in [6.45, 7) is 12.1. The first kappa shape index (κ1) is 26.8. The van der Waals surface area contributed by atoms with Gasteiger partial charge in [0.15, 0.2) is 5.82 Å². The Kier molecular flexibility index (Phi) is 8.11. The zero-order valence-corrected chi connectivity index (χ0v) is 21.7. The Bertz CT molecular complexity index is 1070. The van der Waals surface area contributed by atoms with Gasteiger partial charge in [-0.15, -0.1) is 0 Å². The number of rotatable bonds is 5. The molecule has 0 spiro atoms. The predicted molar refractivity (Wildman–Crippen MR) is 137 cm³/mol. The summed E-state index contributed by atoms with van der Waals surface area (Å²) in [5, 5.41) is 8.52. The number of ether oxygens (including phenoxy) is 2. The number of anilines is 3. The van der Waals surface area contributed by atoms with Crippen LogP contribution in [-0.2, 0) is 9.47 Å². The third-order valence-corrected chi connectivity index (χ3v) is 5.09. The Hall–Kier alpha value is -3.76. The molecule has 196 valence electrons. The molecule has 2 aromatic rings. The van der Waals surface area contributed by atoms with Crippen LogP contribution in [0.5, 0.6) is 0 Å². The number of carbonyl (C=O) groups is 3. The predicted octanol–water partition coefficient (Wildman–Crippen LogP) is 4.50. The maximum absolute atomic E-state index is 12.8. The van der Waals surface area contributed by atoms with Gasteiger partial charge in [0.1, 0.15) is 11.2 Å². The molecule has 36 heavy (non-hydrogen) atoms. The molecule has 3 amide bonds. The standard InChI is InChI=1S/C25H36N6O5/c1-24(2,3)35-22(33)28-16-9-10-19(18(14-16)30-21(32)20-26-11-12-27-20)31-13-7-8-17(15-31)29-23(34)36-25(4,5)6/h9-12,14,17H,7-8,13,15H2,1-6H3,(H,26,27)(H,28,33)(H,29,34)(H,30,32)/t17-/m1/s1. The van der Waals surface area contributed by atoms with Crippen LogP contribution >= 0.6 is 0 Å². The second kappa shape index (κ2) is 10.9. The van der Waals surface area contributed by atoms with Gasteiger partial charge in [-0.25, -0.2) is 14.6 Å². The van der Waals surface area contributed by atoms with Crippen molar-refractivity contribution in [1.82, 2.24) is 15.3 Å². The minimum absolute atomic E-state index is 0.123. The molecule has 1 fully saturated rings. The number of aromatic nitrogens is 2. The first-order valence-electron chi connectivity index (χ1n) is 12.0. The van der Waals surface area contributed by atoms with E-state index in [1.165, 1.54) is 6.20 Å². The number of nitrogens with one attached hydrogen (secondary N) is 4. The van der Waals surface area contributed by atoms with Crippen LogP contribution in [0.1, 0.15) is 65.0 Å². The third kappa shape index (κ3) is 8.17. The fourth-order valence-electron chi connectivity index (χ4n) is 3.77. The quantitative estimate of drug-likeness (QED) is 0.474. The Balaban J connectivity index is 1.80. The van der Waals surface area contributed by atoms with Crippen LogP contribution in [0.25, 0.3) is 0 Å². The Morgan fingerprint density at radius 3 is 2.36 bits per heavy atom. The van der Waals surface area contributed by atoms with Crippen molar-refractivity contribution >= 4 is 35.2 Å². The lowest BCUT2D eigenvalue weighted by molar-refractivity contribution is 0.0499. The van der Waals surface area contributed by atoms with Gasteiger partial charge in [0.2, 0.25) is 0 Å². The molecular formula is C25H36N6O5. The van der Waals surface area contributed by atoms with Gasteiger partial charge in [-0.3, -0.25) is 10.1 Å². The van der Waals surface area contributed by atoms with E-state index in [-0.39, 0.29) is 11.9 Å². The lowest BCUT2D eigenvalue weighted by Gasteiger charge is -2.36. The zero-order chi connectivity index (χ0) is 26.5. The van der Waals surface area contributed by atoms with Crippen molar-refractivity contribution < 1.29 is 23.9 Å². The number of benzene rings is 1. The van der Waals surface area contributed by atoms with E-state index in [1.54, 1.807) is 39.1 Å². The fourth-order valence-corrected chi connectivity index (χ4v) is 3.77. The molecule has 1 saturated heterocycles. The molecule has 1 aliphatic heterocycles. The van der Waals surface area contributed by atoms with Crippen LogP contribution in [-0.4, -0.2) is 58.4 Å². The number of amides is 3. The van der Waals surface area contributed by atoms with Crippen molar-refractivity contribution in [1.29, 1.82) is 0 Å². The highest BCUT2D eigenvalue weighted by atomic mass is 16.6. The van der Waals surface area contributed by atoms with Crippen LogP contribution < -0.4 is 20.9 Å². The fraction of sp³-hybridized carbons (Fsp3) is 0.520. The van der Waals surface area contributed by atoms with Crippen LogP contribution in [0, 0.1) is 0 Å². The molecule has 1 aromatic heterocycles. The van der Waals surface area contributed by atoms with E-state index >= 15 is 0 Å². The molecule has 0 radical (unpaired) electrons. The van der Waals surface area contributed by atoms with Crippen LogP contribution in [0.2, 0.25) is 0 Å². The summed E-state index contributed by atoms with van der Waals surface area (Å²) < 4.78 is 10.7. The van der Waals surface area contributed by atoms with Gasteiger partial charge in [0.05, 0.1) is 11.4 Å². The van der Waals surface area contributed by atoms with E-state index in [1.807, 2.05) is 26.8 Å². The molecule has 0 bridgehead atoms. The average Bonchev–Trinajstić information content (AvgIpc) is 3.26. The first-order valence-corrected chi connectivity index (χ1v) is 12.0. The second-order valence-corrected chi connectivity index (χ2v) is 10.7. The molecular weight excluding hydrogens is 464 g/mol. The van der Waals surface area contributed by atoms with E-state index in [9.17, 15) is 14.4 Å². The van der Waals surface area contributed by atoms with E-state index < -0.39 is 29.3 Å². The lowest BCUT2D eigenvalue weighted by Crippen LogP contribution is -2.49. The number of hydrogen-bond acceptors (Lipinski definition) is 7. The summed E-state index contributed by atoms with van der Waals surface area (Å²) in [5.74, 6) is -0.259. The van der Waals surface area contributed by atoms with Gasteiger partial charge in [0, 0.05) is 37.2 Å².